The van der Waals surface area contributed by atoms with Crippen LogP contribution < -0.4 is 5.73 Å². The summed E-state index contributed by atoms with van der Waals surface area (Å²) in [6.45, 7) is 5.52. The molecule has 1 fully saturated rings. The molecule has 0 spiro atoms. The smallest absolute Gasteiger partial charge is 0.0348 e. The molecule has 0 aromatic heterocycles. The van der Waals surface area contributed by atoms with Crippen molar-refractivity contribution in [2.45, 2.75) is 45.1 Å². The Kier molecular flexibility index (Phi) is 10.3. The summed E-state index contributed by atoms with van der Waals surface area (Å²) in [5.74, 6) is 0. The zero-order chi connectivity index (χ0) is 12.8. The number of benzene rings is 1. The van der Waals surface area contributed by atoms with Crippen LogP contribution in [-0.2, 0) is 0 Å². The van der Waals surface area contributed by atoms with Crippen molar-refractivity contribution in [1.82, 2.24) is 4.90 Å². The summed E-state index contributed by atoms with van der Waals surface area (Å²) in [6, 6.07) is 9.67. The first-order valence-electron chi connectivity index (χ1n) is 7.32. The molecule has 1 unspecified atom stereocenters. The minimum absolute atomic E-state index is 0. The summed E-state index contributed by atoms with van der Waals surface area (Å²) >= 11 is 0. The van der Waals surface area contributed by atoms with Gasteiger partial charge in [-0.15, -0.1) is 24.8 Å². The first-order chi connectivity index (χ1) is 8.81. The van der Waals surface area contributed by atoms with Crippen LogP contribution in [0, 0.1) is 6.92 Å². The second kappa shape index (κ2) is 10.4. The Hall–Kier alpha value is -0.280. The Labute approximate surface area is 135 Å². The Bertz CT molecular complexity index is 371. The van der Waals surface area contributed by atoms with Crippen LogP contribution in [0.25, 0.3) is 0 Å². The van der Waals surface area contributed by atoms with Crippen molar-refractivity contribution in [2.24, 2.45) is 5.73 Å². The molecular formula is C16H28Cl2N2. The summed E-state index contributed by atoms with van der Waals surface area (Å²) < 4.78 is 0. The van der Waals surface area contributed by atoms with Gasteiger partial charge < -0.3 is 5.73 Å². The fourth-order valence-electron chi connectivity index (χ4n) is 2.98. The molecule has 1 aliphatic heterocycles. The van der Waals surface area contributed by atoms with Crippen LogP contribution in [0.5, 0.6) is 0 Å². The van der Waals surface area contributed by atoms with Gasteiger partial charge in [-0.2, -0.15) is 0 Å². The Morgan fingerprint density at radius 2 is 2.00 bits per heavy atom. The molecule has 20 heavy (non-hydrogen) atoms. The lowest BCUT2D eigenvalue weighted by Crippen LogP contribution is -2.24. The summed E-state index contributed by atoms with van der Waals surface area (Å²) in [4.78, 5) is 2.66. The van der Waals surface area contributed by atoms with E-state index in [2.05, 4.69) is 36.1 Å². The number of nitrogens with zero attached hydrogens (tertiary/aromatic N) is 1. The molecule has 2 rings (SSSR count). The summed E-state index contributed by atoms with van der Waals surface area (Å²) in [6.07, 6.45) is 6.39. The van der Waals surface area contributed by atoms with E-state index in [1.165, 1.54) is 56.3 Å². The number of aryl methyl sites for hydroxylation is 1. The maximum Gasteiger partial charge on any atom is 0.0348 e. The van der Waals surface area contributed by atoms with E-state index in [0.717, 1.165) is 6.54 Å². The maximum absolute atomic E-state index is 5.54. The van der Waals surface area contributed by atoms with Crippen LogP contribution >= 0.6 is 24.8 Å². The minimum Gasteiger partial charge on any atom is -0.330 e. The van der Waals surface area contributed by atoms with Crippen LogP contribution in [-0.4, -0.2) is 24.5 Å². The van der Waals surface area contributed by atoms with E-state index in [1.54, 1.807) is 0 Å². The lowest BCUT2D eigenvalue weighted by molar-refractivity contribution is 0.251. The molecule has 1 heterocycles. The number of unbranched alkanes of at least 4 members (excludes halogenated alkanes) is 2. The van der Waals surface area contributed by atoms with Crippen molar-refractivity contribution in [3.8, 4) is 0 Å². The normalized spacial score (nSPS) is 18.4. The third-order valence-corrected chi connectivity index (χ3v) is 3.94. The second-order valence-corrected chi connectivity index (χ2v) is 5.46. The minimum atomic E-state index is 0. The van der Waals surface area contributed by atoms with Crippen LogP contribution in [0.3, 0.4) is 0 Å². The molecule has 0 saturated carbocycles. The highest BCUT2D eigenvalue weighted by Crippen LogP contribution is 2.32. The summed E-state index contributed by atoms with van der Waals surface area (Å²) in [5.41, 5.74) is 8.43. The zero-order valence-corrected chi connectivity index (χ0v) is 14.0. The molecule has 1 aromatic carbocycles. The average Bonchev–Trinajstić information content (AvgIpc) is 2.83. The first kappa shape index (κ1) is 19.7. The Morgan fingerprint density at radius 1 is 1.20 bits per heavy atom. The molecule has 116 valence electrons. The van der Waals surface area contributed by atoms with Crippen LogP contribution in [0.2, 0.25) is 0 Å². The van der Waals surface area contributed by atoms with Gasteiger partial charge >= 0.3 is 0 Å². The quantitative estimate of drug-likeness (QED) is 0.800. The molecule has 0 radical (unpaired) electrons. The monoisotopic (exact) mass is 318 g/mol. The van der Waals surface area contributed by atoms with Gasteiger partial charge in [-0.05, 0) is 57.8 Å². The van der Waals surface area contributed by atoms with Crippen LogP contribution in [0.15, 0.2) is 24.3 Å². The molecule has 0 aliphatic carbocycles. The Balaban J connectivity index is 0.00000180. The number of hydrogen-bond acceptors (Lipinski definition) is 2. The first-order valence-corrected chi connectivity index (χ1v) is 7.32. The standard InChI is InChI=1S/C16H26N2.2ClH/c1-14-7-5-8-15(13-14)16-9-6-12-18(16)11-4-2-3-10-17;;/h5,7-8,13,16H,2-4,6,9-12,17H2,1H3;2*1H. The highest BCUT2D eigenvalue weighted by atomic mass is 35.5. The molecule has 2 N–H and O–H groups in total. The van der Waals surface area contributed by atoms with Gasteiger partial charge in [-0.25, -0.2) is 0 Å². The number of nitrogens with two attached hydrogens (primary N) is 1. The van der Waals surface area contributed by atoms with Crippen molar-refractivity contribution >= 4 is 24.8 Å². The van der Waals surface area contributed by atoms with Gasteiger partial charge in [0.05, 0.1) is 0 Å². The summed E-state index contributed by atoms with van der Waals surface area (Å²) in [7, 11) is 0. The number of rotatable bonds is 6. The van der Waals surface area contributed by atoms with Crippen LogP contribution in [0.4, 0.5) is 0 Å². The van der Waals surface area contributed by atoms with Gasteiger partial charge in [0.25, 0.3) is 0 Å². The molecule has 0 bridgehead atoms. The molecular weight excluding hydrogens is 291 g/mol. The van der Waals surface area contributed by atoms with Crippen molar-refractivity contribution < 1.29 is 0 Å². The SMILES string of the molecule is Cc1cccc(C2CCCN2CCCCCN)c1.Cl.Cl. The van der Waals surface area contributed by atoms with Crippen molar-refractivity contribution in [3.63, 3.8) is 0 Å². The van der Waals surface area contributed by atoms with Gasteiger partial charge in [0.2, 0.25) is 0 Å². The highest BCUT2D eigenvalue weighted by Gasteiger charge is 2.25. The molecule has 2 nitrogen and oxygen atoms in total. The summed E-state index contributed by atoms with van der Waals surface area (Å²) in [5, 5.41) is 0. The van der Waals surface area contributed by atoms with Crippen molar-refractivity contribution in [1.29, 1.82) is 0 Å². The zero-order valence-electron chi connectivity index (χ0n) is 12.4. The van der Waals surface area contributed by atoms with E-state index in [9.17, 15) is 0 Å². The molecule has 1 saturated heterocycles. The number of halogens is 2. The fourth-order valence-corrected chi connectivity index (χ4v) is 2.98. The van der Waals surface area contributed by atoms with Gasteiger partial charge in [0.1, 0.15) is 0 Å². The molecule has 1 aromatic rings. The average molecular weight is 319 g/mol. The predicted octanol–water partition coefficient (Wildman–Crippen LogP) is 4.10. The largest absolute Gasteiger partial charge is 0.330 e. The topological polar surface area (TPSA) is 29.3 Å². The predicted molar refractivity (Wildman–Crippen MR) is 92.1 cm³/mol. The second-order valence-electron chi connectivity index (χ2n) is 5.46. The maximum atomic E-state index is 5.54. The van der Waals surface area contributed by atoms with E-state index in [0.29, 0.717) is 6.04 Å². The third-order valence-electron chi connectivity index (χ3n) is 3.94. The number of hydrogen-bond donors (Lipinski definition) is 1. The lowest BCUT2D eigenvalue weighted by Gasteiger charge is -2.25. The van der Waals surface area contributed by atoms with Crippen molar-refractivity contribution in [2.75, 3.05) is 19.6 Å². The third kappa shape index (κ3) is 5.61. The van der Waals surface area contributed by atoms with E-state index in [4.69, 9.17) is 5.73 Å². The van der Waals surface area contributed by atoms with E-state index < -0.39 is 0 Å². The van der Waals surface area contributed by atoms with Gasteiger partial charge in [0.15, 0.2) is 0 Å². The highest BCUT2D eigenvalue weighted by molar-refractivity contribution is 5.85. The van der Waals surface area contributed by atoms with Crippen molar-refractivity contribution in [3.05, 3.63) is 35.4 Å². The molecule has 4 heteroatoms. The van der Waals surface area contributed by atoms with Crippen LogP contribution in [0.1, 0.15) is 49.3 Å². The lowest BCUT2D eigenvalue weighted by atomic mass is 10.0. The fraction of sp³-hybridized carbons (Fsp3) is 0.625. The van der Waals surface area contributed by atoms with E-state index in [1.807, 2.05) is 0 Å². The Morgan fingerprint density at radius 3 is 2.70 bits per heavy atom. The molecule has 1 aliphatic rings. The van der Waals surface area contributed by atoms with E-state index in [-0.39, 0.29) is 24.8 Å². The molecule has 0 amide bonds. The van der Waals surface area contributed by atoms with Gasteiger partial charge in [0, 0.05) is 6.04 Å². The molecule has 1 atom stereocenters. The number of likely N-dealkylation sites (tertiary alicyclic amines) is 1. The van der Waals surface area contributed by atoms with Gasteiger partial charge in [-0.1, -0.05) is 36.2 Å². The van der Waals surface area contributed by atoms with E-state index >= 15 is 0 Å². The van der Waals surface area contributed by atoms with Gasteiger partial charge in [-0.3, -0.25) is 4.90 Å².